The zero-order valence-corrected chi connectivity index (χ0v) is 28.1. The number of halogens is 1. The van der Waals surface area contributed by atoms with E-state index in [1.54, 1.807) is 43.4 Å². The highest BCUT2D eigenvalue weighted by Gasteiger charge is 2.38. The van der Waals surface area contributed by atoms with Crippen LogP contribution >= 0.6 is 0 Å². The summed E-state index contributed by atoms with van der Waals surface area (Å²) in [6.07, 6.45) is 4.17. The number of amides is 2. The fraction of sp³-hybridized carbons (Fsp3) is 0.361. The minimum absolute atomic E-state index is 0.0297. The van der Waals surface area contributed by atoms with Gasteiger partial charge in [-0.15, -0.1) is 0 Å². The van der Waals surface area contributed by atoms with Crippen molar-refractivity contribution in [1.29, 1.82) is 0 Å². The van der Waals surface area contributed by atoms with Crippen molar-refractivity contribution in [2.45, 2.75) is 74.6 Å². The molecule has 2 aliphatic rings. The summed E-state index contributed by atoms with van der Waals surface area (Å²) in [7, 11) is -2.00. The molecule has 48 heavy (non-hydrogen) atoms. The molecule has 1 aliphatic heterocycles. The van der Waals surface area contributed by atoms with Crippen molar-refractivity contribution in [3.05, 3.63) is 83.3 Å². The molecule has 0 spiro atoms. The van der Waals surface area contributed by atoms with E-state index >= 15 is 0 Å². The monoisotopic (exact) mass is 673 g/mol. The van der Waals surface area contributed by atoms with E-state index in [0.717, 1.165) is 24.6 Å². The second-order valence-corrected chi connectivity index (χ2v) is 14.9. The Morgan fingerprint density at radius 3 is 2.62 bits per heavy atom. The number of hydrogen-bond donors (Lipinski definition) is 3. The molecule has 4 bridgehead atoms. The second kappa shape index (κ2) is 13.4. The molecule has 1 saturated carbocycles. The van der Waals surface area contributed by atoms with Crippen molar-refractivity contribution in [3.8, 4) is 5.75 Å². The zero-order chi connectivity index (χ0) is 34.2. The third-order valence-corrected chi connectivity index (χ3v) is 11.3. The minimum atomic E-state index is -3.61. The highest BCUT2D eigenvalue weighted by molar-refractivity contribution is 7.92. The number of likely N-dealkylation sites (N-methyl/N-ethyl adjacent to an activating group) is 1. The third kappa shape index (κ3) is 6.80. The number of nitrogens with two attached hydrogens (primary N) is 1. The number of hydrogen-bond acceptors (Lipinski definition) is 8. The van der Waals surface area contributed by atoms with Crippen molar-refractivity contribution < 1.29 is 27.1 Å². The van der Waals surface area contributed by atoms with E-state index in [-0.39, 0.29) is 46.8 Å². The number of pyridine rings is 1. The van der Waals surface area contributed by atoms with Crippen LogP contribution in [0, 0.1) is 5.82 Å². The lowest BCUT2D eigenvalue weighted by molar-refractivity contribution is -0.131. The Labute approximate surface area is 279 Å². The molecule has 2 amide bonds. The van der Waals surface area contributed by atoms with Gasteiger partial charge in [-0.3, -0.25) is 9.59 Å². The Kier molecular flexibility index (Phi) is 9.28. The summed E-state index contributed by atoms with van der Waals surface area (Å²) in [6, 6.07) is 14.2. The smallest absolute Gasteiger partial charge is 0.249 e. The minimum Gasteiger partial charge on any atom is -0.493 e. The topological polar surface area (TPSA) is 144 Å². The summed E-state index contributed by atoms with van der Waals surface area (Å²) in [5.41, 5.74) is 8.69. The highest BCUT2D eigenvalue weighted by atomic mass is 32.2. The number of carbonyl (C=O) groups excluding carboxylic acids is 2. The molecule has 252 valence electrons. The van der Waals surface area contributed by atoms with Crippen molar-refractivity contribution in [1.82, 2.24) is 9.88 Å². The lowest BCUT2D eigenvalue weighted by Crippen LogP contribution is -2.35. The Morgan fingerprint density at radius 1 is 1.08 bits per heavy atom. The van der Waals surface area contributed by atoms with Gasteiger partial charge in [0.05, 0.1) is 22.9 Å². The molecule has 0 saturated heterocycles. The SMILES string of the molecule is CCCCOc1ccc2cc1[C@@H](C)CC(=O)Nc1ccc(S(=O)(=O)C3CC3)c(c1)CN(C)C(=O)[C@@H]2Nc1ccc2c(N)ncc(F)c2c1. The van der Waals surface area contributed by atoms with Crippen LogP contribution in [0.4, 0.5) is 21.6 Å². The first-order chi connectivity index (χ1) is 23.0. The lowest BCUT2D eigenvalue weighted by Gasteiger charge is -2.28. The summed E-state index contributed by atoms with van der Waals surface area (Å²) in [6.45, 7) is 4.48. The number of anilines is 3. The first-order valence-electron chi connectivity index (χ1n) is 16.2. The fourth-order valence-electron chi connectivity index (χ4n) is 6.13. The van der Waals surface area contributed by atoms with Gasteiger partial charge >= 0.3 is 0 Å². The van der Waals surface area contributed by atoms with Crippen LogP contribution in [0.1, 0.15) is 74.6 Å². The molecule has 6 rings (SSSR count). The van der Waals surface area contributed by atoms with Gasteiger partial charge in [-0.2, -0.15) is 0 Å². The number of nitrogens with zero attached hydrogens (tertiary/aromatic N) is 2. The Balaban J connectivity index is 1.46. The molecule has 1 aliphatic carbocycles. The normalized spacial score (nSPS) is 18.7. The van der Waals surface area contributed by atoms with Crippen LogP contribution in [0.15, 0.2) is 65.7 Å². The van der Waals surface area contributed by atoms with Gasteiger partial charge < -0.3 is 26.0 Å². The maximum atomic E-state index is 14.8. The highest BCUT2D eigenvalue weighted by Crippen LogP contribution is 2.38. The molecule has 1 fully saturated rings. The Morgan fingerprint density at radius 2 is 1.88 bits per heavy atom. The van der Waals surface area contributed by atoms with Gasteiger partial charge in [0.2, 0.25) is 11.8 Å². The van der Waals surface area contributed by atoms with Gasteiger partial charge in [0.25, 0.3) is 0 Å². The number of nitrogens with one attached hydrogen (secondary N) is 2. The largest absolute Gasteiger partial charge is 0.493 e. The summed E-state index contributed by atoms with van der Waals surface area (Å²) in [4.78, 5) is 33.3. The fourth-order valence-corrected chi connectivity index (χ4v) is 8.00. The molecule has 1 aromatic heterocycles. The molecule has 2 atom stereocenters. The average molecular weight is 674 g/mol. The quantitative estimate of drug-likeness (QED) is 0.184. The van der Waals surface area contributed by atoms with E-state index < -0.39 is 26.9 Å². The Bertz CT molecular complexity index is 2000. The number of fused-ring (bicyclic) bond motifs is 5. The number of carbonyl (C=O) groups is 2. The van der Waals surface area contributed by atoms with Crippen LogP contribution in [-0.4, -0.2) is 49.0 Å². The molecular weight excluding hydrogens is 633 g/mol. The number of nitrogen functional groups attached to an aromatic ring is 1. The molecule has 12 heteroatoms. The van der Waals surface area contributed by atoms with E-state index in [4.69, 9.17) is 10.5 Å². The number of rotatable bonds is 8. The molecule has 10 nitrogen and oxygen atoms in total. The number of aromatic nitrogens is 1. The van der Waals surface area contributed by atoms with Gasteiger partial charge in [0.1, 0.15) is 23.4 Å². The van der Waals surface area contributed by atoms with E-state index in [0.29, 0.717) is 53.1 Å². The number of unbranched alkanes of at least 4 members (excludes halogenated alkanes) is 1. The van der Waals surface area contributed by atoms with Crippen LogP contribution in [0.2, 0.25) is 0 Å². The Hall–Kier alpha value is -4.71. The van der Waals surface area contributed by atoms with Crippen LogP contribution in [0.25, 0.3) is 10.8 Å². The van der Waals surface area contributed by atoms with Crippen molar-refractivity contribution >= 4 is 49.6 Å². The second-order valence-electron chi connectivity index (χ2n) is 12.7. The van der Waals surface area contributed by atoms with E-state index in [1.807, 2.05) is 19.1 Å². The van der Waals surface area contributed by atoms with E-state index in [1.165, 1.54) is 11.0 Å². The van der Waals surface area contributed by atoms with Gasteiger partial charge in [-0.25, -0.2) is 17.8 Å². The van der Waals surface area contributed by atoms with Gasteiger partial charge in [0.15, 0.2) is 9.84 Å². The van der Waals surface area contributed by atoms with Crippen molar-refractivity contribution in [2.24, 2.45) is 0 Å². The standard InChI is InChI=1S/C36H40FN5O5S/c1-4-5-14-47-31-12-6-22-17-28(31)21(2)15-33(43)40-24-8-13-32(48(45,46)26-9-10-26)23(16-24)20-42(3)36(44)34(22)41-25-7-11-27-29(18-25)30(37)19-39-35(27)38/h6-8,11-13,16-19,21,26,34,41H,4-5,9-10,14-15,20H2,1-3H3,(H2,38,39)(H,40,43)/t21-,34+/m0/s1. The predicted molar refractivity (Wildman–Crippen MR) is 184 cm³/mol. The predicted octanol–water partition coefficient (Wildman–Crippen LogP) is 6.33. The number of benzene rings is 3. The van der Waals surface area contributed by atoms with Gasteiger partial charge in [-0.1, -0.05) is 26.3 Å². The molecular formula is C36H40FN5O5S. The maximum absolute atomic E-state index is 14.8. The lowest BCUT2D eigenvalue weighted by atomic mass is 9.92. The summed E-state index contributed by atoms with van der Waals surface area (Å²) in [5, 5.41) is 6.48. The number of ether oxygens (including phenoxy) is 1. The average Bonchev–Trinajstić information content (AvgIpc) is 3.92. The summed E-state index contributed by atoms with van der Waals surface area (Å²) in [5.74, 6) is -0.607. The van der Waals surface area contributed by atoms with E-state index in [9.17, 15) is 22.4 Å². The van der Waals surface area contributed by atoms with Crippen LogP contribution in [0.3, 0.4) is 0 Å². The van der Waals surface area contributed by atoms with Crippen LogP contribution in [0.5, 0.6) is 5.75 Å². The third-order valence-electron chi connectivity index (χ3n) is 8.97. The molecule has 3 aromatic carbocycles. The van der Waals surface area contributed by atoms with Gasteiger partial charge in [0, 0.05) is 42.2 Å². The summed E-state index contributed by atoms with van der Waals surface area (Å²) >= 11 is 0. The van der Waals surface area contributed by atoms with Gasteiger partial charge in [-0.05, 0) is 90.4 Å². The van der Waals surface area contributed by atoms with E-state index in [2.05, 4.69) is 22.5 Å². The first-order valence-corrected chi connectivity index (χ1v) is 17.8. The molecule has 0 unspecified atom stereocenters. The molecule has 4 N–H and O–H groups in total. The molecule has 4 aromatic rings. The van der Waals surface area contributed by atoms with Crippen molar-refractivity contribution in [3.63, 3.8) is 0 Å². The summed E-state index contributed by atoms with van der Waals surface area (Å²) < 4.78 is 47.8. The van der Waals surface area contributed by atoms with Crippen molar-refractivity contribution in [2.75, 3.05) is 30.0 Å². The first kappa shape index (κ1) is 33.2. The maximum Gasteiger partial charge on any atom is 0.249 e. The van der Waals surface area contributed by atoms with Crippen LogP contribution < -0.4 is 21.1 Å². The number of sulfone groups is 1. The molecule has 0 radical (unpaired) electrons. The zero-order valence-electron chi connectivity index (χ0n) is 27.3. The van der Waals surface area contributed by atoms with Crippen LogP contribution in [-0.2, 0) is 26.0 Å². The molecule has 2 heterocycles.